The number of fused-ring (bicyclic) bond motifs is 1. The van der Waals surface area contributed by atoms with E-state index >= 15 is 0 Å². The van der Waals surface area contributed by atoms with Crippen LogP contribution < -0.4 is 5.73 Å². The fourth-order valence-electron chi connectivity index (χ4n) is 2.69. The number of hydrogen-bond donors (Lipinski definition) is 1. The highest BCUT2D eigenvalue weighted by molar-refractivity contribution is 5.88. The molecule has 0 radical (unpaired) electrons. The molecule has 0 aliphatic heterocycles. The van der Waals surface area contributed by atoms with Crippen LogP contribution in [0.2, 0.25) is 0 Å². The van der Waals surface area contributed by atoms with Gasteiger partial charge in [-0.05, 0) is 18.2 Å². The summed E-state index contributed by atoms with van der Waals surface area (Å²) in [6.45, 7) is 0.444. The number of aromatic nitrogens is 6. The number of nitrogens with zero attached hydrogens (tertiary/aromatic N) is 7. The molecule has 8 nitrogen and oxygen atoms in total. The van der Waals surface area contributed by atoms with Gasteiger partial charge in [-0.3, -0.25) is 4.68 Å². The molecule has 0 spiro atoms. The predicted octanol–water partition coefficient (Wildman–Crippen LogP) is 1.73. The highest BCUT2D eigenvalue weighted by Crippen LogP contribution is 2.26. The topological polar surface area (TPSA) is 111 Å². The van der Waals surface area contributed by atoms with Gasteiger partial charge in [0.1, 0.15) is 12.1 Å². The van der Waals surface area contributed by atoms with Crippen LogP contribution in [0.5, 0.6) is 0 Å². The molecule has 4 rings (SSSR count). The summed E-state index contributed by atoms with van der Waals surface area (Å²) in [6.07, 6.45) is 1.87. The average molecular weight is 330 g/mol. The molecule has 4 aromatic rings. The van der Waals surface area contributed by atoms with E-state index < -0.39 is 0 Å². The van der Waals surface area contributed by atoms with E-state index in [9.17, 15) is 5.26 Å². The van der Waals surface area contributed by atoms with Crippen molar-refractivity contribution in [2.75, 3.05) is 5.73 Å². The fraction of sp³-hybridized carbons (Fsp3) is 0.118. The molecule has 3 heterocycles. The first-order valence-corrected chi connectivity index (χ1v) is 7.63. The Morgan fingerprint density at radius 2 is 2.00 bits per heavy atom. The van der Waals surface area contributed by atoms with E-state index in [4.69, 9.17) is 5.73 Å². The third-order valence-corrected chi connectivity index (χ3v) is 3.83. The largest absolute Gasteiger partial charge is 0.382 e. The molecular formula is C17H14N8. The van der Waals surface area contributed by atoms with Crippen molar-refractivity contribution in [1.29, 1.82) is 5.26 Å². The molecule has 1 aromatic carbocycles. The smallest absolute Gasteiger partial charge is 0.155 e. The van der Waals surface area contributed by atoms with Gasteiger partial charge in [0.15, 0.2) is 11.3 Å². The minimum absolute atomic E-state index is 0.285. The Morgan fingerprint density at radius 3 is 2.76 bits per heavy atom. The van der Waals surface area contributed by atoms with Crippen molar-refractivity contribution in [1.82, 2.24) is 29.8 Å². The number of nitriles is 1. The molecule has 0 aliphatic rings. The van der Waals surface area contributed by atoms with Crippen LogP contribution in [-0.4, -0.2) is 29.8 Å². The maximum atomic E-state index is 9.28. The van der Waals surface area contributed by atoms with Crippen molar-refractivity contribution in [2.24, 2.45) is 7.05 Å². The van der Waals surface area contributed by atoms with E-state index in [0.29, 0.717) is 28.8 Å². The zero-order valence-electron chi connectivity index (χ0n) is 13.5. The molecule has 0 unspecified atom stereocenters. The van der Waals surface area contributed by atoms with Gasteiger partial charge in [-0.15, -0.1) is 5.10 Å². The average Bonchev–Trinajstić information content (AvgIpc) is 3.21. The monoisotopic (exact) mass is 330 g/mol. The SMILES string of the molecule is Cn1ccc(Cn2nc3cc(-c4ccccc4C#N)nc(N)c3n2)n1. The van der Waals surface area contributed by atoms with Gasteiger partial charge in [-0.1, -0.05) is 18.2 Å². The van der Waals surface area contributed by atoms with Crippen molar-refractivity contribution >= 4 is 16.9 Å². The van der Waals surface area contributed by atoms with Crippen molar-refractivity contribution in [2.45, 2.75) is 6.54 Å². The van der Waals surface area contributed by atoms with E-state index in [0.717, 1.165) is 11.3 Å². The number of anilines is 1. The Bertz CT molecular complexity index is 1120. The van der Waals surface area contributed by atoms with Crippen molar-refractivity contribution < 1.29 is 0 Å². The summed E-state index contributed by atoms with van der Waals surface area (Å²) in [7, 11) is 1.86. The lowest BCUT2D eigenvalue weighted by atomic mass is 10.0. The van der Waals surface area contributed by atoms with E-state index in [2.05, 4.69) is 26.3 Å². The van der Waals surface area contributed by atoms with Crippen LogP contribution in [0.15, 0.2) is 42.6 Å². The van der Waals surface area contributed by atoms with Crippen LogP contribution in [0, 0.1) is 11.3 Å². The number of nitrogen functional groups attached to an aromatic ring is 1. The lowest BCUT2D eigenvalue weighted by Gasteiger charge is -2.04. The van der Waals surface area contributed by atoms with Gasteiger partial charge in [-0.2, -0.15) is 20.3 Å². The van der Waals surface area contributed by atoms with Crippen LogP contribution in [0.4, 0.5) is 5.82 Å². The first-order chi connectivity index (χ1) is 12.1. The zero-order chi connectivity index (χ0) is 17.4. The third kappa shape index (κ3) is 2.68. The summed E-state index contributed by atoms with van der Waals surface area (Å²) in [5, 5.41) is 22.5. The van der Waals surface area contributed by atoms with Crippen molar-refractivity contribution in [3.8, 4) is 17.3 Å². The van der Waals surface area contributed by atoms with Gasteiger partial charge in [0, 0.05) is 18.8 Å². The molecule has 2 N–H and O–H groups in total. The standard InChI is InChI=1S/C17H14N8/c1-24-7-6-12(21-24)10-25-22-15-8-14(20-17(19)16(15)23-25)13-5-3-2-4-11(13)9-18/h2-8H,10H2,1H3,(H2,19,20). The minimum Gasteiger partial charge on any atom is -0.382 e. The number of pyridine rings is 1. The molecule has 25 heavy (non-hydrogen) atoms. The molecule has 0 bridgehead atoms. The maximum absolute atomic E-state index is 9.28. The Balaban J connectivity index is 1.78. The first-order valence-electron chi connectivity index (χ1n) is 7.63. The summed E-state index contributed by atoms with van der Waals surface area (Å²) in [6, 6.07) is 13.1. The van der Waals surface area contributed by atoms with Crippen molar-refractivity contribution in [3.05, 3.63) is 53.9 Å². The van der Waals surface area contributed by atoms with E-state index in [1.807, 2.05) is 37.5 Å². The Labute approximate surface area is 143 Å². The molecule has 0 saturated heterocycles. The highest BCUT2D eigenvalue weighted by Gasteiger charge is 2.13. The molecule has 0 amide bonds. The second-order valence-electron chi connectivity index (χ2n) is 5.63. The number of hydrogen-bond acceptors (Lipinski definition) is 6. The lowest BCUT2D eigenvalue weighted by Crippen LogP contribution is -2.04. The summed E-state index contributed by atoms with van der Waals surface area (Å²) in [5.41, 5.74) is 9.95. The molecule has 0 atom stereocenters. The Kier molecular flexibility index (Phi) is 3.40. The number of nitrogens with two attached hydrogens (primary N) is 1. The predicted molar refractivity (Wildman–Crippen MR) is 92.2 cm³/mol. The zero-order valence-corrected chi connectivity index (χ0v) is 13.5. The summed E-state index contributed by atoms with van der Waals surface area (Å²) in [4.78, 5) is 5.94. The second-order valence-corrected chi connectivity index (χ2v) is 5.63. The first kappa shape index (κ1) is 14.8. The lowest BCUT2D eigenvalue weighted by molar-refractivity contribution is 0.581. The summed E-state index contributed by atoms with van der Waals surface area (Å²) < 4.78 is 1.73. The fourth-order valence-corrected chi connectivity index (χ4v) is 2.69. The summed E-state index contributed by atoms with van der Waals surface area (Å²) in [5.74, 6) is 0.285. The van der Waals surface area contributed by atoms with E-state index in [1.165, 1.54) is 0 Å². The van der Waals surface area contributed by atoms with Gasteiger partial charge in [0.05, 0.1) is 23.0 Å². The van der Waals surface area contributed by atoms with Gasteiger partial charge in [-0.25, -0.2) is 4.98 Å². The minimum atomic E-state index is 0.285. The van der Waals surface area contributed by atoms with Gasteiger partial charge >= 0.3 is 0 Å². The molecule has 122 valence electrons. The van der Waals surface area contributed by atoms with Gasteiger partial charge < -0.3 is 5.73 Å². The molecule has 0 saturated carbocycles. The number of rotatable bonds is 3. The van der Waals surface area contributed by atoms with Crippen LogP contribution in [0.1, 0.15) is 11.3 Å². The molecule has 0 aliphatic carbocycles. The van der Waals surface area contributed by atoms with Gasteiger partial charge in [0.2, 0.25) is 0 Å². The second kappa shape index (κ2) is 5.72. The molecule has 0 fully saturated rings. The normalized spacial score (nSPS) is 10.9. The summed E-state index contributed by atoms with van der Waals surface area (Å²) >= 11 is 0. The molecule has 8 heteroatoms. The Morgan fingerprint density at radius 1 is 1.16 bits per heavy atom. The highest BCUT2D eigenvalue weighted by atomic mass is 15.5. The maximum Gasteiger partial charge on any atom is 0.155 e. The van der Waals surface area contributed by atoms with E-state index in [1.54, 1.807) is 21.6 Å². The van der Waals surface area contributed by atoms with Crippen molar-refractivity contribution in [3.63, 3.8) is 0 Å². The van der Waals surface area contributed by atoms with Crippen LogP contribution >= 0.6 is 0 Å². The number of benzene rings is 1. The van der Waals surface area contributed by atoms with Gasteiger partial charge in [0.25, 0.3) is 0 Å². The van der Waals surface area contributed by atoms with Crippen LogP contribution in [0.25, 0.3) is 22.3 Å². The quantitative estimate of drug-likeness (QED) is 0.612. The Hall–Kier alpha value is -3.73. The third-order valence-electron chi connectivity index (χ3n) is 3.83. The molecular weight excluding hydrogens is 316 g/mol. The number of aryl methyl sites for hydroxylation is 1. The van der Waals surface area contributed by atoms with E-state index in [-0.39, 0.29) is 5.82 Å². The molecule has 3 aromatic heterocycles. The van der Waals surface area contributed by atoms with Crippen LogP contribution in [0.3, 0.4) is 0 Å². The van der Waals surface area contributed by atoms with Crippen LogP contribution in [-0.2, 0) is 13.6 Å².